The summed E-state index contributed by atoms with van der Waals surface area (Å²) in [6.45, 7) is 3.00. The molecule has 0 amide bonds. The Balaban J connectivity index is 2.77. The van der Waals surface area contributed by atoms with Crippen molar-refractivity contribution in [2.75, 3.05) is 14.2 Å². The van der Waals surface area contributed by atoms with Crippen LogP contribution >= 0.6 is 0 Å². The van der Waals surface area contributed by atoms with E-state index in [4.69, 9.17) is 9.47 Å². The first-order valence-corrected chi connectivity index (χ1v) is 7.35. The van der Waals surface area contributed by atoms with Gasteiger partial charge in [-0.2, -0.15) is 0 Å². The highest BCUT2D eigenvalue weighted by Gasteiger charge is 2.28. The molecular weight excluding hydrogens is 298 g/mol. The molecular formula is C17H23NO5. The normalized spacial score (nSPS) is 13.2. The summed E-state index contributed by atoms with van der Waals surface area (Å²) < 4.78 is 12.3. The van der Waals surface area contributed by atoms with Crippen molar-refractivity contribution in [1.82, 2.24) is 4.57 Å². The molecule has 2 aromatic rings. The third-order valence-corrected chi connectivity index (χ3v) is 4.05. The lowest BCUT2D eigenvalue weighted by atomic mass is 9.94. The Morgan fingerprint density at radius 3 is 2.43 bits per heavy atom. The summed E-state index contributed by atoms with van der Waals surface area (Å²) in [6.07, 6.45) is -1.10. The zero-order valence-electron chi connectivity index (χ0n) is 14.1. The molecule has 2 N–H and O–H groups in total. The highest BCUT2D eigenvalue weighted by atomic mass is 16.5. The highest BCUT2D eigenvalue weighted by molar-refractivity contribution is 5.91. The Labute approximate surface area is 134 Å². The highest BCUT2D eigenvalue weighted by Crippen LogP contribution is 2.33. The molecule has 0 unspecified atom stereocenters. The van der Waals surface area contributed by atoms with Crippen LogP contribution in [0.25, 0.3) is 10.9 Å². The number of aliphatic hydroxyl groups is 2. The summed E-state index contributed by atoms with van der Waals surface area (Å²) in [5.74, 6) is 0.959. The fourth-order valence-corrected chi connectivity index (χ4v) is 2.64. The third-order valence-electron chi connectivity index (χ3n) is 4.05. The van der Waals surface area contributed by atoms with Gasteiger partial charge in [0.25, 0.3) is 5.56 Å². The Morgan fingerprint density at radius 2 is 1.91 bits per heavy atom. The van der Waals surface area contributed by atoms with Crippen molar-refractivity contribution in [2.45, 2.75) is 32.0 Å². The maximum Gasteiger partial charge on any atom is 0.257 e. The number of aliphatic hydroxyl groups excluding tert-OH is 1. The summed E-state index contributed by atoms with van der Waals surface area (Å²) in [5, 5.41) is 20.8. The van der Waals surface area contributed by atoms with Gasteiger partial charge in [0.1, 0.15) is 11.5 Å². The molecule has 0 aliphatic rings. The van der Waals surface area contributed by atoms with E-state index < -0.39 is 11.7 Å². The molecule has 0 fully saturated rings. The van der Waals surface area contributed by atoms with Crippen LogP contribution in [0.3, 0.4) is 0 Å². The second-order valence-corrected chi connectivity index (χ2v) is 6.11. The first-order chi connectivity index (χ1) is 10.7. The standard InChI is InChI=1S/C17H23NO5/c1-17(2,21)13(19)9-11-15(23-5)10-7-6-8-12(22-4)14(10)18(3)16(11)20/h6-8,13,19,21H,9H2,1-5H3/t13-/m0/s1. The number of hydrogen-bond acceptors (Lipinski definition) is 5. The maximum absolute atomic E-state index is 12.7. The molecule has 6 nitrogen and oxygen atoms in total. The molecule has 0 saturated heterocycles. The molecule has 0 aliphatic carbocycles. The molecule has 0 spiro atoms. The number of aryl methyl sites for hydroxylation is 1. The summed E-state index contributed by atoms with van der Waals surface area (Å²) >= 11 is 0. The lowest BCUT2D eigenvalue weighted by molar-refractivity contribution is -0.0472. The van der Waals surface area contributed by atoms with E-state index in [1.54, 1.807) is 13.1 Å². The first kappa shape index (κ1) is 17.3. The molecule has 0 aliphatic heterocycles. The molecule has 1 aromatic carbocycles. The topological polar surface area (TPSA) is 80.9 Å². The van der Waals surface area contributed by atoms with Gasteiger partial charge >= 0.3 is 0 Å². The molecule has 1 heterocycles. The van der Waals surface area contributed by atoms with Gasteiger partial charge in [-0.15, -0.1) is 0 Å². The van der Waals surface area contributed by atoms with Crippen molar-refractivity contribution >= 4 is 10.9 Å². The van der Waals surface area contributed by atoms with Crippen molar-refractivity contribution in [1.29, 1.82) is 0 Å². The van der Waals surface area contributed by atoms with Crippen LogP contribution in [0.2, 0.25) is 0 Å². The van der Waals surface area contributed by atoms with E-state index in [1.807, 2.05) is 12.1 Å². The number of fused-ring (bicyclic) bond motifs is 1. The van der Waals surface area contributed by atoms with E-state index in [2.05, 4.69) is 0 Å². The minimum atomic E-state index is -1.32. The number of ether oxygens (including phenoxy) is 2. The summed E-state index contributed by atoms with van der Waals surface area (Å²) in [4.78, 5) is 12.7. The van der Waals surface area contributed by atoms with Crippen molar-refractivity contribution in [3.05, 3.63) is 34.1 Å². The van der Waals surface area contributed by atoms with E-state index >= 15 is 0 Å². The molecule has 0 radical (unpaired) electrons. The Morgan fingerprint density at radius 1 is 1.26 bits per heavy atom. The van der Waals surface area contributed by atoms with E-state index in [1.165, 1.54) is 32.6 Å². The molecule has 23 heavy (non-hydrogen) atoms. The maximum atomic E-state index is 12.7. The summed E-state index contributed by atoms with van der Waals surface area (Å²) in [6, 6.07) is 5.41. The predicted molar refractivity (Wildman–Crippen MR) is 88.3 cm³/mol. The molecule has 2 rings (SSSR count). The fourth-order valence-electron chi connectivity index (χ4n) is 2.64. The quantitative estimate of drug-likeness (QED) is 0.866. The lowest BCUT2D eigenvalue weighted by Crippen LogP contribution is -2.39. The van der Waals surface area contributed by atoms with Crippen LogP contribution in [0.5, 0.6) is 11.5 Å². The van der Waals surface area contributed by atoms with Gasteiger partial charge in [0, 0.05) is 18.9 Å². The number of nitrogens with zero attached hydrogens (tertiary/aromatic N) is 1. The summed E-state index contributed by atoms with van der Waals surface area (Å²) in [7, 11) is 4.66. The SMILES string of the molecule is COc1c(C[C@H](O)C(C)(C)O)c(=O)n(C)c2c(OC)cccc12. The van der Waals surface area contributed by atoms with Crippen molar-refractivity contribution in [3.63, 3.8) is 0 Å². The predicted octanol–water partition coefficient (Wildman–Crippen LogP) is 1.23. The van der Waals surface area contributed by atoms with Crippen molar-refractivity contribution < 1.29 is 19.7 Å². The van der Waals surface area contributed by atoms with Gasteiger partial charge in [-0.05, 0) is 26.0 Å². The van der Waals surface area contributed by atoms with Gasteiger partial charge in [0.2, 0.25) is 0 Å². The molecule has 126 valence electrons. The van der Waals surface area contributed by atoms with E-state index in [0.29, 0.717) is 28.0 Å². The fraction of sp³-hybridized carbons (Fsp3) is 0.471. The number of para-hydroxylation sites is 1. The number of rotatable bonds is 5. The Bertz CT molecular complexity index is 773. The minimum Gasteiger partial charge on any atom is -0.496 e. The van der Waals surface area contributed by atoms with Gasteiger partial charge in [0.05, 0.1) is 37.0 Å². The largest absolute Gasteiger partial charge is 0.496 e. The zero-order chi connectivity index (χ0) is 17.4. The number of pyridine rings is 1. The number of methoxy groups -OCH3 is 2. The van der Waals surface area contributed by atoms with Gasteiger partial charge in [-0.25, -0.2) is 0 Å². The van der Waals surface area contributed by atoms with Crippen LogP contribution in [0, 0.1) is 0 Å². The van der Waals surface area contributed by atoms with E-state index in [9.17, 15) is 15.0 Å². The molecule has 1 atom stereocenters. The van der Waals surface area contributed by atoms with Crippen LogP contribution in [-0.4, -0.2) is 40.7 Å². The third kappa shape index (κ3) is 3.04. The molecule has 0 saturated carbocycles. The second kappa shape index (κ2) is 6.22. The van der Waals surface area contributed by atoms with Gasteiger partial charge < -0.3 is 24.3 Å². The molecule has 0 bridgehead atoms. The molecule has 1 aromatic heterocycles. The Kier molecular flexibility index (Phi) is 4.68. The number of benzene rings is 1. The van der Waals surface area contributed by atoms with Gasteiger partial charge in [-0.3, -0.25) is 4.79 Å². The average molecular weight is 321 g/mol. The lowest BCUT2D eigenvalue weighted by Gasteiger charge is -2.25. The van der Waals surface area contributed by atoms with Crippen molar-refractivity contribution in [2.24, 2.45) is 7.05 Å². The second-order valence-electron chi connectivity index (χ2n) is 6.11. The van der Waals surface area contributed by atoms with Crippen LogP contribution in [0.4, 0.5) is 0 Å². The minimum absolute atomic E-state index is 0.00744. The average Bonchev–Trinajstić information content (AvgIpc) is 2.50. The zero-order valence-corrected chi connectivity index (χ0v) is 14.1. The monoisotopic (exact) mass is 321 g/mol. The van der Waals surface area contributed by atoms with E-state index in [0.717, 1.165) is 0 Å². The number of aromatic nitrogens is 1. The van der Waals surface area contributed by atoms with Crippen LogP contribution in [0.1, 0.15) is 19.4 Å². The first-order valence-electron chi connectivity index (χ1n) is 7.35. The van der Waals surface area contributed by atoms with Crippen molar-refractivity contribution in [3.8, 4) is 11.5 Å². The Hall–Kier alpha value is -2.05. The van der Waals surface area contributed by atoms with Crippen LogP contribution in [0.15, 0.2) is 23.0 Å². The number of hydrogen-bond donors (Lipinski definition) is 2. The smallest absolute Gasteiger partial charge is 0.257 e. The van der Waals surface area contributed by atoms with Gasteiger partial charge in [0.15, 0.2) is 0 Å². The summed E-state index contributed by atoms with van der Waals surface area (Å²) in [5.41, 5.74) is -0.662. The van der Waals surface area contributed by atoms with Gasteiger partial charge in [-0.1, -0.05) is 6.07 Å². The van der Waals surface area contributed by atoms with Crippen LogP contribution < -0.4 is 15.0 Å². The molecule has 6 heteroatoms. The van der Waals surface area contributed by atoms with Crippen LogP contribution in [-0.2, 0) is 13.5 Å². The van der Waals surface area contributed by atoms with E-state index in [-0.39, 0.29) is 12.0 Å².